The van der Waals surface area contributed by atoms with E-state index >= 15 is 0 Å². The average molecular weight is 216 g/mol. The molecule has 2 rings (SSSR count). The maximum absolute atomic E-state index is 5.68. The van der Waals surface area contributed by atoms with Gasteiger partial charge in [0.15, 0.2) is 5.96 Å². The van der Waals surface area contributed by atoms with E-state index < -0.39 is 0 Å². The van der Waals surface area contributed by atoms with E-state index in [1.54, 1.807) is 12.5 Å². The van der Waals surface area contributed by atoms with Gasteiger partial charge in [-0.05, 0) is 24.3 Å². The largest absolute Gasteiger partial charge is 0.467 e. The van der Waals surface area contributed by atoms with Crippen LogP contribution in [0.25, 0.3) is 0 Å². The quantitative estimate of drug-likeness (QED) is 0.603. The van der Waals surface area contributed by atoms with Crippen molar-refractivity contribution in [1.82, 2.24) is 4.98 Å². The molecule has 0 aliphatic heterocycles. The van der Waals surface area contributed by atoms with Crippen molar-refractivity contribution in [3.8, 4) is 0 Å². The summed E-state index contributed by atoms with van der Waals surface area (Å²) in [5, 5.41) is 2.88. The van der Waals surface area contributed by atoms with Crippen LogP contribution in [-0.2, 0) is 6.54 Å². The molecule has 0 aromatic carbocycles. The van der Waals surface area contributed by atoms with Crippen LogP contribution in [0.1, 0.15) is 5.76 Å². The highest BCUT2D eigenvalue weighted by Crippen LogP contribution is 2.02. The molecule has 0 spiro atoms. The number of pyridine rings is 1. The first-order valence-corrected chi connectivity index (χ1v) is 4.85. The van der Waals surface area contributed by atoms with Gasteiger partial charge < -0.3 is 15.5 Å². The number of aliphatic imine (C=N–C) groups is 1. The summed E-state index contributed by atoms with van der Waals surface area (Å²) in [4.78, 5) is 8.18. The molecule has 0 aliphatic rings. The van der Waals surface area contributed by atoms with E-state index in [0.29, 0.717) is 18.3 Å². The highest BCUT2D eigenvalue weighted by Gasteiger charge is 1.96. The molecule has 0 aliphatic carbocycles. The molecule has 2 aromatic heterocycles. The SMILES string of the molecule is NC(=NCc1ccco1)Nc1ccccn1. The summed E-state index contributed by atoms with van der Waals surface area (Å²) >= 11 is 0. The van der Waals surface area contributed by atoms with E-state index in [1.807, 2.05) is 30.3 Å². The number of aromatic nitrogens is 1. The summed E-state index contributed by atoms with van der Waals surface area (Å²) in [5.41, 5.74) is 5.68. The van der Waals surface area contributed by atoms with Gasteiger partial charge in [-0.25, -0.2) is 9.98 Å². The Morgan fingerprint density at radius 2 is 2.31 bits per heavy atom. The monoisotopic (exact) mass is 216 g/mol. The molecule has 0 amide bonds. The minimum atomic E-state index is 0.315. The zero-order chi connectivity index (χ0) is 11.2. The van der Waals surface area contributed by atoms with Crippen LogP contribution in [0.15, 0.2) is 52.2 Å². The van der Waals surface area contributed by atoms with E-state index in [4.69, 9.17) is 10.2 Å². The maximum atomic E-state index is 5.68. The Hall–Kier alpha value is -2.30. The molecule has 0 bridgehead atoms. The molecule has 0 unspecified atom stereocenters. The van der Waals surface area contributed by atoms with Gasteiger partial charge in [-0.1, -0.05) is 6.07 Å². The van der Waals surface area contributed by atoms with Crippen LogP contribution in [0.5, 0.6) is 0 Å². The van der Waals surface area contributed by atoms with E-state index in [0.717, 1.165) is 5.76 Å². The summed E-state index contributed by atoms with van der Waals surface area (Å²) in [6.45, 7) is 0.415. The fourth-order valence-corrected chi connectivity index (χ4v) is 1.17. The van der Waals surface area contributed by atoms with Crippen molar-refractivity contribution in [1.29, 1.82) is 0 Å². The number of hydrogen-bond donors (Lipinski definition) is 2. The zero-order valence-corrected chi connectivity index (χ0v) is 8.63. The number of furan rings is 1. The Bertz CT molecular complexity index is 450. The van der Waals surface area contributed by atoms with Gasteiger partial charge in [0.25, 0.3) is 0 Å². The first kappa shape index (κ1) is 10.2. The number of nitrogens with one attached hydrogen (secondary N) is 1. The number of hydrogen-bond acceptors (Lipinski definition) is 3. The Morgan fingerprint density at radius 1 is 1.38 bits per heavy atom. The Morgan fingerprint density at radius 3 is 3.00 bits per heavy atom. The van der Waals surface area contributed by atoms with E-state index in [-0.39, 0.29) is 0 Å². The van der Waals surface area contributed by atoms with Gasteiger partial charge in [-0.15, -0.1) is 0 Å². The smallest absolute Gasteiger partial charge is 0.194 e. The molecule has 0 atom stereocenters. The minimum Gasteiger partial charge on any atom is -0.467 e. The van der Waals surface area contributed by atoms with Crippen LogP contribution >= 0.6 is 0 Å². The molecule has 2 aromatic rings. The summed E-state index contributed by atoms with van der Waals surface area (Å²) < 4.78 is 5.13. The van der Waals surface area contributed by atoms with Crippen molar-refractivity contribution in [3.05, 3.63) is 48.6 Å². The lowest BCUT2D eigenvalue weighted by molar-refractivity contribution is 0.513. The highest BCUT2D eigenvalue weighted by atomic mass is 16.3. The zero-order valence-electron chi connectivity index (χ0n) is 8.63. The molecule has 0 fully saturated rings. The summed E-state index contributed by atoms with van der Waals surface area (Å²) in [7, 11) is 0. The van der Waals surface area contributed by atoms with Crippen molar-refractivity contribution in [2.24, 2.45) is 10.7 Å². The summed E-state index contributed by atoms with van der Waals surface area (Å²) in [5.74, 6) is 1.75. The van der Waals surface area contributed by atoms with Gasteiger partial charge in [-0.3, -0.25) is 0 Å². The number of nitrogens with two attached hydrogens (primary N) is 1. The van der Waals surface area contributed by atoms with Crippen molar-refractivity contribution < 1.29 is 4.42 Å². The Kier molecular flexibility index (Phi) is 3.18. The molecular weight excluding hydrogens is 204 g/mol. The van der Waals surface area contributed by atoms with Gasteiger partial charge in [-0.2, -0.15) is 0 Å². The second kappa shape index (κ2) is 4.97. The van der Waals surface area contributed by atoms with Crippen LogP contribution in [0.2, 0.25) is 0 Å². The molecule has 0 radical (unpaired) electrons. The molecule has 2 heterocycles. The third-order valence-corrected chi connectivity index (χ3v) is 1.91. The van der Waals surface area contributed by atoms with Gasteiger partial charge >= 0.3 is 0 Å². The molecular formula is C11H12N4O. The van der Waals surface area contributed by atoms with Gasteiger partial charge in [0.1, 0.15) is 18.1 Å². The van der Waals surface area contributed by atoms with E-state index in [2.05, 4.69) is 15.3 Å². The first-order chi connectivity index (χ1) is 7.84. The van der Waals surface area contributed by atoms with Gasteiger partial charge in [0.2, 0.25) is 0 Å². The minimum absolute atomic E-state index is 0.315. The number of nitrogens with zero attached hydrogens (tertiary/aromatic N) is 2. The lowest BCUT2D eigenvalue weighted by Crippen LogP contribution is -2.23. The fourth-order valence-electron chi connectivity index (χ4n) is 1.17. The lowest BCUT2D eigenvalue weighted by Gasteiger charge is -2.02. The summed E-state index contributed by atoms with van der Waals surface area (Å²) in [6, 6.07) is 9.18. The van der Waals surface area contributed by atoms with Crippen molar-refractivity contribution in [3.63, 3.8) is 0 Å². The lowest BCUT2D eigenvalue weighted by atomic mass is 10.4. The summed E-state index contributed by atoms with van der Waals surface area (Å²) in [6.07, 6.45) is 3.29. The van der Waals surface area contributed by atoms with Crippen LogP contribution in [-0.4, -0.2) is 10.9 Å². The molecule has 16 heavy (non-hydrogen) atoms. The van der Waals surface area contributed by atoms with E-state index in [1.165, 1.54) is 0 Å². The van der Waals surface area contributed by atoms with E-state index in [9.17, 15) is 0 Å². The Labute approximate surface area is 93.0 Å². The van der Waals surface area contributed by atoms with Gasteiger partial charge in [0, 0.05) is 6.20 Å². The topological polar surface area (TPSA) is 76.4 Å². The van der Waals surface area contributed by atoms with Crippen molar-refractivity contribution in [2.75, 3.05) is 5.32 Å². The number of anilines is 1. The molecule has 0 saturated carbocycles. The highest BCUT2D eigenvalue weighted by molar-refractivity contribution is 5.91. The standard InChI is InChI=1S/C11H12N4O/c12-11(14-8-9-4-3-7-16-9)15-10-5-1-2-6-13-10/h1-7H,8H2,(H3,12,13,14,15). The van der Waals surface area contributed by atoms with Crippen LogP contribution in [0, 0.1) is 0 Å². The average Bonchev–Trinajstić information content (AvgIpc) is 2.81. The van der Waals surface area contributed by atoms with Crippen LogP contribution in [0.3, 0.4) is 0 Å². The molecule has 0 saturated heterocycles. The maximum Gasteiger partial charge on any atom is 0.194 e. The van der Waals surface area contributed by atoms with Crippen LogP contribution < -0.4 is 11.1 Å². The predicted molar refractivity (Wildman–Crippen MR) is 61.9 cm³/mol. The number of rotatable bonds is 3. The molecule has 5 nitrogen and oxygen atoms in total. The third kappa shape index (κ3) is 2.84. The van der Waals surface area contributed by atoms with Crippen molar-refractivity contribution >= 4 is 11.8 Å². The van der Waals surface area contributed by atoms with Gasteiger partial charge in [0.05, 0.1) is 6.26 Å². The second-order valence-corrected chi connectivity index (χ2v) is 3.12. The predicted octanol–water partition coefficient (Wildman–Crippen LogP) is 1.60. The second-order valence-electron chi connectivity index (χ2n) is 3.12. The normalized spacial score (nSPS) is 11.4. The molecule has 82 valence electrons. The Balaban J connectivity index is 1.93. The third-order valence-electron chi connectivity index (χ3n) is 1.91. The molecule has 3 N–H and O–H groups in total. The number of guanidine groups is 1. The van der Waals surface area contributed by atoms with Crippen LogP contribution in [0.4, 0.5) is 5.82 Å². The first-order valence-electron chi connectivity index (χ1n) is 4.85. The van der Waals surface area contributed by atoms with Crippen molar-refractivity contribution in [2.45, 2.75) is 6.54 Å². The molecule has 5 heteroatoms. The fraction of sp³-hybridized carbons (Fsp3) is 0.0909.